The smallest absolute Gasteiger partial charge is 0.199 e. The van der Waals surface area contributed by atoms with Crippen molar-refractivity contribution in [1.82, 2.24) is 19.2 Å². The molecule has 1 unspecified atom stereocenters. The number of benzene rings is 2. The van der Waals surface area contributed by atoms with E-state index in [-0.39, 0.29) is 0 Å². The number of fused-ring (bicyclic) bond motifs is 1. The molecule has 1 atom stereocenters. The molecule has 0 amide bonds. The van der Waals surface area contributed by atoms with Gasteiger partial charge in [-0.25, -0.2) is 4.68 Å². The molecule has 4 nitrogen and oxygen atoms in total. The minimum absolute atomic E-state index is 0.428. The lowest BCUT2D eigenvalue weighted by Gasteiger charge is -2.24. The van der Waals surface area contributed by atoms with Gasteiger partial charge in [0, 0.05) is 18.7 Å². The number of nitrogens with zero attached hydrogens (tertiary/aromatic N) is 4. The van der Waals surface area contributed by atoms with E-state index < -0.39 is 0 Å². The maximum absolute atomic E-state index is 5.66. The molecule has 0 saturated heterocycles. The quantitative estimate of drug-likeness (QED) is 0.638. The van der Waals surface area contributed by atoms with Gasteiger partial charge < -0.3 is 4.57 Å². The summed E-state index contributed by atoms with van der Waals surface area (Å²) in [6, 6.07) is 17.5. The first-order chi connectivity index (χ1) is 12.6. The molecule has 0 fully saturated rings. The number of aryl methyl sites for hydroxylation is 2. The van der Waals surface area contributed by atoms with Gasteiger partial charge in [0.05, 0.1) is 6.67 Å². The summed E-state index contributed by atoms with van der Waals surface area (Å²) >= 11 is 5.66. The predicted octanol–water partition coefficient (Wildman–Crippen LogP) is 4.50. The minimum atomic E-state index is 0.428. The summed E-state index contributed by atoms with van der Waals surface area (Å²) in [4.78, 5) is 2.36. The minimum Gasteiger partial charge on any atom is -0.303 e. The van der Waals surface area contributed by atoms with Crippen LogP contribution in [0, 0.1) is 11.7 Å². The van der Waals surface area contributed by atoms with Crippen LogP contribution < -0.4 is 0 Å². The van der Waals surface area contributed by atoms with Crippen LogP contribution in [0.15, 0.2) is 48.5 Å². The molecule has 4 rings (SSSR count). The average molecular weight is 365 g/mol. The molecule has 1 heterocycles. The zero-order chi connectivity index (χ0) is 18.3. The lowest BCUT2D eigenvalue weighted by Crippen LogP contribution is -2.26. The van der Waals surface area contributed by atoms with Crippen molar-refractivity contribution in [2.75, 3.05) is 7.05 Å². The van der Waals surface area contributed by atoms with E-state index in [2.05, 4.69) is 61.3 Å². The highest BCUT2D eigenvalue weighted by Gasteiger charge is 2.26. The fourth-order valence-electron chi connectivity index (χ4n) is 3.94. The summed E-state index contributed by atoms with van der Waals surface area (Å²) in [5.74, 6) is 0.924. The van der Waals surface area contributed by atoms with Crippen LogP contribution in [0.5, 0.6) is 0 Å². The Morgan fingerprint density at radius 1 is 1.15 bits per heavy atom. The van der Waals surface area contributed by atoms with Crippen molar-refractivity contribution in [1.29, 1.82) is 0 Å². The third kappa shape index (κ3) is 2.91. The second-order valence-electron chi connectivity index (χ2n) is 7.13. The monoisotopic (exact) mass is 364 g/mol. The zero-order valence-corrected chi connectivity index (χ0v) is 16.3. The lowest BCUT2D eigenvalue weighted by atomic mass is 10.1. The molecule has 1 aromatic heterocycles. The summed E-state index contributed by atoms with van der Waals surface area (Å²) in [6.45, 7) is 2.80. The van der Waals surface area contributed by atoms with E-state index in [0.29, 0.717) is 12.7 Å². The van der Waals surface area contributed by atoms with Crippen molar-refractivity contribution in [3.63, 3.8) is 0 Å². The molecule has 0 bridgehead atoms. The molecular weight excluding hydrogens is 340 g/mol. The Kier molecular flexibility index (Phi) is 4.51. The van der Waals surface area contributed by atoms with E-state index in [4.69, 9.17) is 17.3 Å². The molecule has 0 aliphatic heterocycles. The first-order valence-corrected chi connectivity index (χ1v) is 9.45. The van der Waals surface area contributed by atoms with Crippen molar-refractivity contribution in [2.45, 2.75) is 32.5 Å². The van der Waals surface area contributed by atoms with Crippen LogP contribution in [0.1, 0.15) is 29.2 Å². The Morgan fingerprint density at radius 3 is 2.69 bits per heavy atom. The van der Waals surface area contributed by atoms with E-state index in [0.717, 1.165) is 29.0 Å². The molecule has 1 aliphatic carbocycles. The summed E-state index contributed by atoms with van der Waals surface area (Å²) < 4.78 is 4.70. The second kappa shape index (κ2) is 6.82. The van der Waals surface area contributed by atoms with E-state index in [1.165, 1.54) is 16.7 Å². The summed E-state index contributed by atoms with van der Waals surface area (Å²) in [5.41, 5.74) is 5.25. The Labute approximate surface area is 159 Å². The Bertz CT molecular complexity index is 1000. The van der Waals surface area contributed by atoms with Crippen molar-refractivity contribution in [3.8, 4) is 11.4 Å². The molecular formula is C21H24N4S. The van der Waals surface area contributed by atoms with Gasteiger partial charge >= 0.3 is 0 Å². The van der Waals surface area contributed by atoms with Gasteiger partial charge in [0.15, 0.2) is 10.6 Å². The van der Waals surface area contributed by atoms with Gasteiger partial charge in [-0.1, -0.05) is 48.5 Å². The topological polar surface area (TPSA) is 26.0 Å². The van der Waals surface area contributed by atoms with Crippen molar-refractivity contribution >= 4 is 12.2 Å². The van der Waals surface area contributed by atoms with Crippen LogP contribution in [-0.4, -0.2) is 26.3 Å². The zero-order valence-electron chi connectivity index (χ0n) is 15.5. The molecule has 0 N–H and O–H groups in total. The highest BCUT2D eigenvalue weighted by molar-refractivity contribution is 7.71. The molecule has 0 saturated carbocycles. The third-order valence-corrected chi connectivity index (χ3v) is 5.90. The van der Waals surface area contributed by atoms with Gasteiger partial charge in [0.2, 0.25) is 0 Å². The maximum atomic E-state index is 5.66. The summed E-state index contributed by atoms with van der Waals surface area (Å²) in [6.07, 6.45) is 2.30. The fourth-order valence-corrected chi connectivity index (χ4v) is 4.13. The lowest BCUT2D eigenvalue weighted by molar-refractivity contribution is 0.182. The Hall–Kier alpha value is -2.24. The SMILES string of the molecule is Cc1ccccc1-c1nn(CN(C)C2CCc3ccccc32)c(=S)n1C. The van der Waals surface area contributed by atoms with Crippen LogP contribution in [0.25, 0.3) is 11.4 Å². The van der Waals surface area contributed by atoms with Crippen molar-refractivity contribution < 1.29 is 0 Å². The highest BCUT2D eigenvalue weighted by atomic mass is 32.1. The molecule has 26 heavy (non-hydrogen) atoms. The van der Waals surface area contributed by atoms with Crippen LogP contribution in [0.3, 0.4) is 0 Å². The number of aromatic nitrogens is 3. The van der Waals surface area contributed by atoms with Crippen LogP contribution >= 0.6 is 12.2 Å². The summed E-state index contributed by atoms with van der Waals surface area (Å²) in [7, 11) is 4.16. The molecule has 5 heteroatoms. The Balaban J connectivity index is 1.63. The normalized spacial score (nSPS) is 16.2. The number of rotatable bonds is 4. The molecule has 1 aliphatic rings. The standard InChI is InChI=1S/C21H24N4S/c1-15-8-4-6-10-17(15)20-22-25(21(26)24(20)3)14-23(2)19-13-12-16-9-5-7-11-18(16)19/h4-11,19H,12-14H2,1-3H3. The van der Waals surface area contributed by atoms with Crippen molar-refractivity contribution in [2.24, 2.45) is 7.05 Å². The van der Waals surface area contributed by atoms with E-state index >= 15 is 0 Å². The third-order valence-electron chi connectivity index (χ3n) is 5.42. The van der Waals surface area contributed by atoms with E-state index in [1.54, 1.807) is 0 Å². The van der Waals surface area contributed by atoms with Crippen LogP contribution in [0.4, 0.5) is 0 Å². The Morgan fingerprint density at radius 2 is 1.88 bits per heavy atom. The molecule has 3 aromatic rings. The molecule has 0 spiro atoms. The van der Waals surface area contributed by atoms with E-state index in [9.17, 15) is 0 Å². The highest BCUT2D eigenvalue weighted by Crippen LogP contribution is 2.35. The van der Waals surface area contributed by atoms with Crippen LogP contribution in [-0.2, 0) is 20.1 Å². The first-order valence-electron chi connectivity index (χ1n) is 9.04. The first kappa shape index (κ1) is 17.2. The number of hydrogen-bond donors (Lipinski definition) is 0. The molecule has 0 radical (unpaired) electrons. The molecule has 134 valence electrons. The average Bonchev–Trinajstić information content (AvgIpc) is 3.19. The fraction of sp³-hybridized carbons (Fsp3) is 0.333. The van der Waals surface area contributed by atoms with Gasteiger partial charge in [-0.05, 0) is 55.7 Å². The van der Waals surface area contributed by atoms with Gasteiger partial charge in [-0.2, -0.15) is 5.10 Å². The van der Waals surface area contributed by atoms with Gasteiger partial charge in [-0.3, -0.25) is 4.90 Å². The van der Waals surface area contributed by atoms with Gasteiger partial charge in [0.25, 0.3) is 0 Å². The largest absolute Gasteiger partial charge is 0.303 e. The second-order valence-corrected chi connectivity index (χ2v) is 7.50. The van der Waals surface area contributed by atoms with Crippen LogP contribution in [0.2, 0.25) is 0 Å². The van der Waals surface area contributed by atoms with Gasteiger partial charge in [-0.15, -0.1) is 0 Å². The predicted molar refractivity (Wildman–Crippen MR) is 107 cm³/mol. The van der Waals surface area contributed by atoms with Crippen molar-refractivity contribution in [3.05, 3.63) is 70.0 Å². The van der Waals surface area contributed by atoms with Gasteiger partial charge in [0.1, 0.15) is 0 Å². The maximum Gasteiger partial charge on any atom is 0.199 e. The summed E-state index contributed by atoms with van der Waals surface area (Å²) in [5, 5.41) is 4.84. The number of hydrogen-bond acceptors (Lipinski definition) is 3. The van der Waals surface area contributed by atoms with E-state index in [1.807, 2.05) is 22.4 Å². The molecule has 2 aromatic carbocycles.